The van der Waals surface area contributed by atoms with Crippen molar-refractivity contribution in [1.29, 1.82) is 0 Å². The van der Waals surface area contributed by atoms with Gasteiger partial charge in [-0.05, 0) is 57.7 Å². The molecule has 0 saturated carbocycles. The van der Waals surface area contributed by atoms with Crippen molar-refractivity contribution in [2.75, 3.05) is 17.8 Å². The van der Waals surface area contributed by atoms with Crippen LogP contribution in [0, 0.1) is 20.8 Å². The lowest BCUT2D eigenvalue weighted by Crippen LogP contribution is -2.36. The van der Waals surface area contributed by atoms with Gasteiger partial charge in [-0.1, -0.05) is 17.7 Å². The number of benzene rings is 1. The number of aromatic nitrogens is 1. The number of piperidine rings is 1. The van der Waals surface area contributed by atoms with E-state index in [1.165, 1.54) is 0 Å². The summed E-state index contributed by atoms with van der Waals surface area (Å²) in [7, 11) is -2.20. The van der Waals surface area contributed by atoms with Crippen molar-refractivity contribution in [2.45, 2.75) is 44.9 Å². The molecule has 3 rings (SSSR count). The van der Waals surface area contributed by atoms with E-state index in [0.29, 0.717) is 40.8 Å². The minimum Gasteiger partial charge on any atom is -0.350 e. The fraction of sp³-hybridized carbons (Fsp3) is 0.450. The summed E-state index contributed by atoms with van der Waals surface area (Å²) in [5.41, 5.74) is 2.49. The van der Waals surface area contributed by atoms with Crippen molar-refractivity contribution >= 4 is 33.2 Å². The second kappa shape index (κ2) is 7.79. The van der Waals surface area contributed by atoms with Crippen molar-refractivity contribution in [3.05, 3.63) is 45.7 Å². The van der Waals surface area contributed by atoms with Crippen molar-refractivity contribution in [3.63, 3.8) is 0 Å². The molecule has 6 nitrogen and oxygen atoms in total. The number of halogens is 1. The zero-order valence-corrected chi connectivity index (χ0v) is 18.2. The highest BCUT2D eigenvalue weighted by atomic mass is 35.5. The number of nitrogens with one attached hydrogen (secondary N) is 1. The average molecular weight is 424 g/mol. The Bertz CT molecular complexity index is 1020. The molecule has 0 bridgehead atoms. The number of sulfonamides is 1. The van der Waals surface area contributed by atoms with Crippen LogP contribution in [-0.2, 0) is 17.1 Å². The monoisotopic (exact) mass is 423 g/mol. The number of rotatable bonds is 4. The average Bonchev–Trinajstić information content (AvgIpc) is 2.90. The van der Waals surface area contributed by atoms with E-state index in [2.05, 4.69) is 4.72 Å². The molecule has 1 fully saturated rings. The molecule has 1 aliphatic heterocycles. The maximum absolute atomic E-state index is 13.3. The van der Waals surface area contributed by atoms with Crippen LogP contribution in [0.3, 0.4) is 0 Å². The molecule has 1 aromatic heterocycles. The Balaban J connectivity index is 2.09. The summed E-state index contributed by atoms with van der Waals surface area (Å²) < 4.78 is 31.0. The molecule has 1 amide bonds. The second-order valence-corrected chi connectivity index (χ2v) is 9.33. The van der Waals surface area contributed by atoms with E-state index in [9.17, 15) is 13.2 Å². The van der Waals surface area contributed by atoms with Crippen LogP contribution in [0.4, 0.5) is 5.69 Å². The molecule has 0 spiro atoms. The van der Waals surface area contributed by atoms with E-state index in [-0.39, 0.29) is 16.4 Å². The zero-order chi connectivity index (χ0) is 20.6. The van der Waals surface area contributed by atoms with Crippen LogP contribution in [0.2, 0.25) is 5.02 Å². The summed E-state index contributed by atoms with van der Waals surface area (Å²) in [5.74, 6) is -0.218. The van der Waals surface area contributed by atoms with E-state index in [4.69, 9.17) is 11.6 Å². The first-order valence-electron chi connectivity index (χ1n) is 9.38. The third-order valence-electron chi connectivity index (χ3n) is 5.56. The van der Waals surface area contributed by atoms with Gasteiger partial charge in [0.2, 0.25) is 0 Å². The van der Waals surface area contributed by atoms with Crippen LogP contribution in [0.1, 0.15) is 46.6 Å². The quantitative estimate of drug-likeness (QED) is 0.806. The summed E-state index contributed by atoms with van der Waals surface area (Å²) in [5, 5.41) is 0.478. The molecular weight excluding hydrogens is 398 g/mol. The summed E-state index contributed by atoms with van der Waals surface area (Å²) >= 11 is 6.13. The van der Waals surface area contributed by atoms with Gasteiger partial charge in [-0.3, -0.25) is 9.52 Å². The fourth-order valence-corrected chi connectivity index (χ4v) is 5.48. The Labute approximate surface area is 171 Å². The number of hydrogen-bond donors (Lipinski definition) is 1. The Morgan fingerprint density at radius 2 is 1.71 bits per heavy atom. The molecule has 1 aliphatic rings. The van der Waals surface area contributed by atoms with Gasteiger partial charge in [-0.25, -0.2) is 8.42 Å². The van der Waals surface area contributed by atoms with E-state index in [0.717, 1.165) is 19.3 Å². The Hall–Kier alpha value is -1.99. The van der Waals surface area contributed by atoms with Gasteiger partial charge in [0.1, 0.15) is 4.90 Å². The predicted octanol–water partition coefficient (Wildman–Crippen LogP) is 4.03. The molecule has 28 heavy (non-hydrogen) atoms. The van der Waals surface area contributed by atoms with Gasteiger partial charge in [-0.2, -0.15) is 0 Å². The summed E-state index contributed by atoms with van der Waals surface area (Å²) in [4.78, 5) is 15.0. The van der Waals surface area contributed by atoms with Crippen LogP contribution in [0.5, 0.6) is 0 Å². The molecule has 2 heterocycles. The van der Waals surface area contributed by atoms with Crippen LogP contribution < -0.4 is 4.72 Å². The molecule has 0 atom stereocenters. The van der Waals surface area contributed by atoms with Gasteiger partial charge in [-0.15, -0.1) is 0 Å². The van der Waals surface area contributed by atoms with Crippen LogP contribution in [0.25, 0.3) is 0 Å². The van der Waals surface area contributed by atoms with Gasteiger partial charge in [0.15, 0.2) is 0 Å². The minimum atomic E-state index is -3.98. The number of nitrogens with zero attached hydrogens (tertiary/aromatic N) is 2. The van der Waals surface area contributed by atoms with Crippen molar-refractivity contribution < 1.29 is 13.2 Å². The van der Waals surface area contributed by atoms with Gasteiger partial charge in [0.05, 0.1) is 11.3 Å². The number of hydrogen-bond acceptors (Lipinski definition) is 3. The molecular formula is C20H26ClN3O3S. The standard InChI is InChI=1S/C20H26ClN3O3S/c1-13-16(21)9-8-10-17(13)22-28(26,27)19-15(3)23(4)14(2)18(19)20(25)24-11-6-5-7-12-24/h8-10,22H,5-7,11-12H2,1-4H3. The zero-order valence-electron chi connectivity index (χ0n) is 16.7. The lowest BCUT2D eigenvalue weighted by molar-refractivity contribution is 0.0720. The fourth-order valence-electron chi connectivity index (χ4n) is 3.67. The number of carbonyl (C=O) groups is 1. The molecule has 2 aromatic rings. The first kappa shape index (κ1) is 20.7. The molecule has 152 valence electrons. The number of likely N-dealkylation sites (tertiary alicyclic amines) is 1. The number of amides is 1. The maximum Gasteiger partial charge on any atom is 0.264 e. The highest BCUT2D eigenvalue weighted by Crippen LogP contribution is 2.31. The third kappa shape index (κ3) is 3.65. The molecule has 1 N–H and O–H groups in total. The highest BCUT2D eigenvalue weighted by molar-refractivity contribution is 7.92. The Morgan fingerprint density at radius 1 is 1.07 bits per heavy atom. The lowest BCUT2D eigenvalue weighted by atomic mass is 10.1. The first-order valence-corrected chi connectivity index (χ1v) is 11.2. The van der Waals surface area contributed by atoms with Crippen LogP contribution in [0.15, 0.2) is 23.1 Å². The Morgan fingerprint density at radius 3 is 2.36 bits per heavy atom. The maximum atomic E-state index is 13.3. The number of anilines is 1. The predicted molar refractivity (Wildman–Crippen MR) is 112 cm³/mol. The SMILES string of the molecule is Cc1c(Cl)cccc1NS(=O)(=O)c1c(C(=O)N2CCCCC2)c(C)n(C)c1C. The minimum absolute atomic E-state index is 0.0439. The largest absolute Gasteiger partial charge is 0.350 e. The molecule has 1 saturated heterocycles. The van der Waals surface area contributed by atoms with E-state index >= 15 is 0 Å². The molecule has 1 aromatic carbocycles. The molecule has 0 unspecified atom stereocenters. The summed E-state index contributed by atoms with van der Waals surface area (Å²) in [6.45, 7) is 6.58. The van der Waals surface area contributed by atoms with Gasteiger partial charge >= 0.3 is 0 Å². The van der Waals surface area contributed by atoms with Gasteiger partial charge < -0.3 is 9.47 Å². The first-order chi connectivity index (χ1) is 13.1. The topological polar surface area (TPSA) is 71.4 Å². The van der Waals surface area contributed by atoms with Crippen molar-refractivity contribution in [3.8, 4) is 0 Å². The molecule has 8 heteroatoms. The van der Waals surface area contributed by atoms with Crippen molar-refractivity contribution in [2.24, 2.45) is 7.05 Å². The smallest absolute Gasteiger partial charge is 0.264 e. The molecule has 0 radical (unpaired) electrons. The molecule has 0 aliphatic carbocycles. The van der Waals surface area contributed by atoms with E-state index in [1.807, 2.05) is 0 Å². The van der Waals surface area contributed by atoms with Gasteiger partial charge in [0.25, 0.3) is 15.9 Å². The highest BCUT2D eigenvalue weighted by Gasteiger charge is 2.33. The van der Waals surface area contributed by atoms with E-state index < -0.39 is 10.0 Å². The van der Waals surface area contributed by atoms with Crippen molar-refractivity contribution in [1.82, 2.24) is 9.47 Å². The third-order valence-corrected chi connectivity index (χ3v) is 7.50. The lowest BCUT2D eigenvalue weighted by Gasteiger charge is -2.27. The van der Waals surface area contributed by atoms with E-state index in [1.54, 1.807) is 55.5 Å². The summed E-state index contributed by atoms with van der Waals surface area (Å²) in [6.07, 6.45) is 2.98. The normalized spacial score (nSPS) is 15.0. The van der Waals surface area contributed by atoms with Crippen LogP contribution in [-0.4, -0.2) is 36.9 Å². The number of carbonyl (C=O) groups excluding carboxylic acids is 1. The Kier molecular flexibility index (Phi) is 5.77. The second-order valence-electron chi connectivity index (χ2n) is 7.30. The van der Waals surface area contributed by atoms with Gasteiger partial charge in [0, 0.05) is 36.5 Å². The summed E-state index contributed by atoms with van der Waals surface area (Å²) in [6, 6.07) is 5.06. The van der Waals surface area contributed by atoms with Crippen LogP contribution >= 0.6 is 11.6 Å².